The molecule has 0 amide bonds. The normalized spacial score (nSPS) is 19.4. The first-order chi connectivity index (χ1) is 17.9. The number of carbonyl (C=O) groups excluding carboxylic acids is 3. The maximum atomic E-state index is 13.9. The van der Waals surface area contributed by atoms with E-state index in [1.807, 2.05) is 36.6 Å². The van der Waals surface area contributed by atoms with E-state index in [9.17, 15) is 24.6 Å². The highest BCUT2D eigenvalue weighted by atomic mass is 32.1. The first kappa shape index (κ1) is 25.4. The molecule has 1 aliphatic carbocycles. The molecule has 0 radical (unpaired) electrons. The Bertz CT molecular complexity index is 1610. The van der Waals surface area contributed by atoms with Crippen molar-refractivity contribution in [1.82, 2.24) is 10.3 Å². The van der Waals surface area contributed by atoms with Gasteiger partial charge in [-0.05, 0) is 40.2 Å². The second-order valence-electron chi connectivity index (χ2n) is 9.73. The number of aromatic nitrogens is 1. The Kier molecular flexibility index (Phi) is 5.99. The van der Waals surface area contributed by atoms with E-state index >= 15 is 0 Å². The number of phenolic OH excluding ortho intramolecular Hbond substituents is 2. The van der Waals surface area contributed by atoms with Gasteiger partial charge in [0.15, 0.2) is 17.3 Å². The zero-order valence-corrected chi connectivity index (χ0v) is 22.4. The van der Waals surface area contributed by atoms with Crippen molar-refractivity contribution in [3.05, 3.63) is 80.7 Å². The lowest BCUT2D eigenvalue weighted by atomic mass is 9.70. The average molecular weight is 531 g/mol. The van der Waals surface area contributed by atoms with Crippen LogP contribution in [0, 0.1) is 13.8 Å². The summed E-state index contributed by atoms with van der Waals surface area (Å²) in [6, 6.07) is 7.87. The van der Waals surface area contributed by atoms with Gasteiger partial charge in [-0.25, -0.2) is 4.98 Å². The molecule has 2 aliphatic rings. The van der Waals surface area contributed by atoms with Crippen LogP contribution in [0.3, 0.4) is 0 Å². The summed E-state index contributed by atoms with van der Waals surface area (Å²) >= 11 is 1.58. The Balaban J connectivity index is 1.48. The Morgan fingerprint density at radius 3 is 2.39 bits per heavy atom. The molecule has 9 heteroatoms. The van der Waals surface area contributed by atoms with E-state index in [4.69, 9.17) is 4.74 Å². The molecular formula is C29H26N2O6S. The SMILES string of the molecule is CC(=O)c1c(O)c(C)c(O)c2c1OC1=CC(=O)/C(=C(/C)NCc3ccc(-c4nc(C)cs4)cc3)C(=O)[C@@]12C. The Morgan fingerprint density at radius 2 is 1.79 bits per heavy atom. The fourth-order valence-electron chi connectivity index (χ4n) is 4.94. The molecule has 1 aliphatic heterocycles. The van der Waals surface area contributed by atoms with Crippen molar-refractivity contribution >= 4 is 28.7 Å². The van der Waals surface area contributed by atoms with Crippen LogP contribution in [0.25, 0.3) is 10.6 Å². The van der Waals surface area contributed by atoms with E-state index in [0.29, 0.717) is 12.2 Å². The first-order valence-electron chi connectivity index (χ1n) is 12.0. The molecule has 1 atom stereocenters. The van der Waals surface area contributed by atoms with Crippen LogP contribution in [0.2, 0.25) is 0 Å². The van der Waals surface area contributed by atoms with E-state index < -0.39 is 28.5 Å². The van der Waals surface area contributed by atoms with Gasteiger partial charge in [-0.2, -0.15) is 0 Å². The molecular weight excluding hydrogens is 504 g/mol. The lowest BCUT2D eigenvalue weighted by Crippen LogP contribution is -2.41. The number of aromatic hydroxyl groups is 2. The van der Waals surface area contributed by atoms with Crippen LogP contribution < -0.4 is 10.1 Å². The summed E-state index contributed by atoms with van der Waals surface area (Å²) in [6.45, 7) is 8.23. The largest absolute Gasteiger partial charge is 0.507 e. The van der Waals surface area contributed by atoms with Crippen LogP contribution in [0.4, 0.5) is 0 Å². The molecule has 3 N–H and O–H groups in total. The van der Waals surface area contributed by atoms with Gasteiger partial charge >= 0.3 is 0 Å². The third kappa shape index (κ3) is 3.73. The molecule has 2 aromatic carbocycles. The lowest BCUT2D eigenvalue weighted by molar-refractivity contribution is -0.123. The summed E-state index contributed by atoms with van der Waals surface area (Å²) in [6.07, 6.45) is 1.21. The van der Waals surface area contributed by atoms with Crippen molar-refractivity contribution in [3.63, 3.8) is 0 Å². The van der Waals surface area contributed by atoms with Crippen LogP contribution in [0.5, 0.6) is 17.2 Å². The van der Waals surface area contributed by atoms with Crippen molar-refractivity contribution in [3.8, 4) is 27.8 Å². The number of hydrogen-bond donors (Lipinski definition) is 3. The second-order valence-corrected chi connectivity index (χ2v) is 10.6. The van der Waals surface area contributed by atoms with Gasteiger partial charge in [0.2, 0.25) is 0 Å². The van der Waals surface area contributed by atoms with Gasteiger partial charge < -0.3 is 20.3 Å². The van der Waals surface area contributed by atoms with Gasteiger partial charge in [0.25, 0.3) is 0 Å². The van der Waals surface area contributed by atoms with Gasteiger partial charge in [-0.1, -0.05) is 24.3 Å². The highest BCUT2D eigenvalue weighted by Crippen LogP contribution is 2.57. The van der Waals surface area contributed by atoms with Crippen molar-refractivity contribution in [2.75, 3.05) is 0 Å². The zero-order chi connectivity index (χ0) is 27.5. The number of allylic oxidation sites excluding steroid dienone is 4. The van der Waals surface area contributed by atoms with E-state index in [-0.39, 0.29) is 39.5 Å². The van der Waals surface area contributed by atoms with Crippen molar-refractivity contribution in [2.45, 2.75) is 46.6 Å². The van der Waals surface area contributed by atoms with Crippen LogP contribution >= 0.6 is 11.3 Å². The van der Waals surface area contributed by atoms with Crippen LogP contribution in [0.15, 0.2) is 52.8 Å². The minimum atomic E-state index is -1.54. The standard InChI is InChI=1S/C29H26N2O6S/c1-13-12-38-28(31-13)18-8-6-17(7-9-18)11-30-15(3)21-19(33)10-20-29(5,27(21)36)23-25(35)14(2)24(34)22(16(4)32)26(23)37-20/h6-10,12,30,34-35H,11H2,1-5H3/b21-15+/t29-/m0/s1. The maximum absolute atomic E-state index is 13.9. The number of nitrogens with one attached hydrogen (secondary N) is 1. The number of carbonyl (C=O) groups is 3. The molecule has 8 nitrogen and oxygen atoms in total. The number of aryl methyl sites for hydroxylation is 1. The van der Waals surface area contributed by atoms with Crippen LogP contribution in [-0.2, 0) is 21.5 Å². The monoisotopic (exact) mass is 530 g/mol. The third-order valence-corrected chi connectivity index (χ3v) is 8.15. The minimum Gasteiger partial charge on any atom is -0.507 e. The molecule has 0 unspecified atom stereocenters. The number of hydrogen-bond acceptors (Lipinski definition) is 9. The molecule has 38 heavy (non-hydrogen) atoms. The summed E-state index contributed by atoms with van der Waals surface area (Å²) in [4.78, 5) is 43.8. The van der Waals surface area contributed by atoms with E-state index in [1.54, 1.807) is 25.2 Å². The number of fused-ring (bicyclic) bond motifs is 3. The molecule has 1 aromatic heterocycles. The molecule has 5 rings (SSSR count). The smallest absolute Gasteiger partial charge is 0.194 e. The summed E-state index contributed by atoms with van der Waals surface area (Å²) in [5, 5.41) is 27.5. The lowest BCUT2D eigenvalue weighted by Gasteiger charge is -2.29. The summed E-state index contributed by atoms with van der Waals surface area (Å²) in [5.74, 6) is -2.46. The maximum Gasteiger partial charge on any atom is 0.194 e. The summed E-state index contributed by atoms with van der Waals surface area (Å²) in [5.41, 5.74) is 1.70. The Hall–Kier alpha value is -4.24. The topological polar surface area (TPSA) is 126 Å². The zero-order valence-electron chi connectivity index (χ0n) is 21.6. The number of phenols is 2. The first-order valence-corrected chi connectivity index (χ1v) is 12.9. The van der Waals surface area contributed by atoms with Gasteiger partial charge in [0, 0.05) is 40.5 Å². The quantitative estimate of drug-likeness (QED) is 0.244. The third-order valence-electron chi connectivity index (χ3n) is 7.14. The Morgan fingerprint density at radius 1 is 1.11 bits per heavy atom. The van der Waals surface area contributed by atoms with E-state index in [2.05, 4.69) is 10.3 Å². The van der Waals surface area contributed by atoms with E-state index in [1.165, 1.54) is 19.9 Å². The van der Waals surface area contributed by atoms with Gasteiger partial charge in [-0.15, -0.1) is 11.3 Å². The number of thiazole rings is 1. The van der Waals surface area contributed by atoms with Crippen molar-refractivity contribution in [1.29, 1.82) is 0 Å². The molecule has 0 spiro atoms. The molecule has 2 heterocycles. The fourth-order valence-corrected chi connectivity index (χ4v) is 5.74. The molecule has 0 bridgehead atoms. The average Bonchev–Trinajstić information content (AvgIpc) is 3.43. The number of Topliss-reactive ketones (excluding diaryl/α,β-unsaturated/α-hetero) is 2. The summed E-state index contributed by atoms with van der Waals surface area (Å²) in [7, 11) is 0. The number of benzene rings is 2. The molecule has 0 fully saturated rings. The van der Waals surface area contributed by atoms with E-state index in [0.717, 1.165) is 21.8 Å². The molecule has 194 valence electrons. The highest BCUT2D eigenvalue weighted by Gasteiger charge is 2.56. The van der Waals surface area contributed by atoms with Crippen LogP contribution in [-0.4, -0.2) is 32.5 Å². The predicted octanol–water partition coefficient (Wildman–Crippen LogP) is 4.79. The number of ether oxygens (including phenoxy) is 1. The van der Waals surface area contributed by atoms with Crippen molar-refractivity contribution in [2.24, 2.45) is 0 Å². The van der Waals surface area contributed by atoms with Gasteiger partial charge in [0.05, 0.1) is 11.1 Å². The van der Waals surface area contributed by atoms with Crippen LogP contribution in [0.1, 0.15) is 53.5 Å². The van der Waals surface area contributed by atoms with Gasteiger partial charge in [-0.3, -0.25) is 14.4 Å². The predicted molar refractivity (Wildman–Crippen MR) is 142 cm³/mol. The highest BCUT2D eigenvalue weighted by molar-refractivity contribution is 7.13. The molecule has 0 saturated heterocycles. The van der Waals surface area contributed by atoms with Gasteiger partial charge in [0.1, 0.15) is 39.0 Å². The van der Waals surface area contributed by atoms with Crippen molar-refractivity contribution < 1.29 is 29.3 Å². The number of rotatable bonds is 5. The minimum absolute atomic E-state index is 0.00913. The molecule has 0 saturated carbocycles. The Labute approximate surface area is 223 Å². The second kappa shape index (κ2) is 8.95. The number of nitrogens with zero attached hydrogens (tertiary/aromatic N) is 1. The summed E-state index contributed by atoms with van der Waals surface area (Å²) < 4.78 is 5.80. The molecule has 3 aromatic rings. The fraction of sp³-hybridized carbons (Fsp3) is 0.241. The number of ketones is 3.